The number of carbonyl (C=O) groups is 1. The minimum absolute atomic E-state index is 0.142. The van der Waals surface area contributed by atoms with Crippen molar-refractivity contribution in [1.29, 1.82) is 0 Å². The number of Topliss-reactive ketones (excluding diaryl/α,β-unsaturated/α-hetero) is 1. The van der Waals surface area contributed by atoms with E-state index in [1.54, 1.807) is 6.92 Å². The summed E-state index contributed by atoms with van der Waals surface area (Å²) in [6.45, 7) is 7.26. The maximum absolute atomic E-state index is 11.4. The smallest absolute Gasteiger partial charge is 0.159 e. The third kappa shape index (κ3) is 2.75. The first-order valence-corrected chi connectivity index (χ1v) is 6.42. The van der Waals surface area contributed by atoms with E-state index in [0.717, 1.165) is 18.0 Å². The molecule has 2 nitrogen and oxygen atoms in total. The van der Waals surface area contributed by atoms with Gasteiger partial charge in [0.1, 0.15) is 0 Å². The summed E-state index contributed by atoms with van der Waals surface area (Å²) in [6, 6.07) is 8.43. The quantitative estimate of drug-likeness (QED) is 0.792. The van der Waals surface area contributed by atoms with E-state index in [-0.39, 0.29) is 5.78 Å². The molecule has 1 aliphatic rings. The Bertz CT molecular complexity index is 413. The molecule has 3 unspecified atom stereocenters. The lowest BCUT2D eigenvalue weighted by Gasteiger charge is -2.34. The van der Waals surface area contributed by atoms with E-state index in [1.807, 2.05) is 18.2 Å². The van der Waals surface area contributed by atoms with Crippen molar-refractivity contribution in [2.24, 2.45) is 11.8 Å². The maximum atomic E-state index is 11.4. The van der Waals surface area contributed by atoms with Crippen molar-refractivity contribution < 1.29 is 4.79 Å². The molecule has 1 aromatic carbocycles. The summed E-state index contributed by atoms with van der Waals surface area (Å²) in [7, 11) is 0. The SMILES string of the molecule is CC(=O)c1cccc(C2NCC(C)CC2C)c1. The van der Waals surface area contributed by atoms with E-state index in [9.17, 15) is 4.79 Å². The number of ketones is 1. The fourth-order valence-corrected chi connectivity index (χ4v) is 2.78. The van der Waals surface area contributed by atoms with Crippen LogP contribution in [-0.2, 0) is 0 Å². The molecule has 1 aliphatic heterocycles. The van der Waals surface area contributed by atoms with Crippen LogP contribution in [0.2, 0.25) is 0 Å². The Balaban J connectivity index is 2.22. The van der Waals surface area contributed by atoms with Crippen LogP contribution in [0, 0.1) is 11.8 Å². The van der Waals surface area contributed by atoms with E-state index in [4.69, 9.17) is 0 Å². The van der Waals surface area contributed by atoms with Gasteiger partial charge in [0, 0.05) is 11.6 Å². The molecule has 1 fully saturated rings. The topological polar surface area (TPSA) is 29.1 Å². The van der Waals surface area contributed by atoms with Crippen LogP contribution in [0.4, 0.5) is 0 Å². The van der Waals surface area contributed by atoms with Crippen LogP contribution in [0.5, 0.6) is 0 Å². The fraction of sp³-hybridized carbons (Fsp3) is 0.533. The first kappa shape index (κ1) is 12.3. The standard InChI is InChI=1S/C15H21NO/c1-10-7-11(2)15(16-9-10)14-6-4-5-13(8-14)12(3)17/h4-6,8,10-11,15-16H,7,9H2,1-3H3. The second-order valence-electron chi connectivity index (χ2n) is 5.39. The molecular weight excluding hydrogens is 210 g/mol. The van der Waals surface area contributed by atoms with Gasteiger partial charge in [0.2, 0.25) is 0 Å². The third-order valence-corrected chi connectivity index (χ3v) is 3.68. The Morgan fingerprint density at radius 1 is 1.35 bits per heavy atom. The van der Waals surface area contributed by atoms with Crippen LogP contribution in [-0.4, -0.2) is 12.3 Å². The number of hydrogen-bond acceptors (Lipinski definition) is 2. The van der Waals surface area contributed by atoms with Crippen molar-refractivity contribution in [2.45, 2.75) is 33.2 Å². The second-order valence-corrected chi connectivity index (χ2v) is 5.39. The summed E-state index contributed by atoms with van der Waals surface area (Å²) in [5.41, 5.74) is 2.06. The number of hydrogen-bond donors (Lipinski definition) is 1. The zero-order valence-corrected chi connectivity index (χ0v) is 10.9. The van der Waals surface area contributed by atoms with Gasteiger partial charge >= 0.3 is 0 Å². The van der Waals surface area contributed by atoms with Crippen LogP contribution in [0.3, 0.4) is 0 Å². The number of nitrogens with one attached hydrogen (secondary N) is 1. The summed E-state index contributed by atoms with van der Waals surface area (Å²) in [4.78, 5) is 11.4. The van der Waals surface area contributed by atoms with E-state index in [2.05, 4.69) is 25.2 Å². The van der Waals surface area contributed by atoms with Crippen LogP contribution >= 0.6 is 0 Å². The van der Waals surface area contributed by atoms with Crippen molar-refractivity contribution in [3.8, 4) is 0 Å². The van der Waals surface area contributed by atoms with Crippen molar-refractivity contribution >= 4 is 5.78 Å². The highest BCUT2D eigenvalue weighted by molar-refractivity contribution is 5.94. The molecule has 0 aromatic heterocycles. The Kier molecular flexibility index (Phi) is 3.63. The van der Waals surface area contributed by atoms with Gasteiger partial charge in [-0.25, -0.2) is 0 Å². The van der Waals surface area contributed by atoms with Gasteiger partial charge in [0.05, 0.1) is 0 Å². The molecule has 17 heavy (non-hydrogen) atoms. The van der Waals surface area contributed by atoms with Crippen LogP contribution in [0.1, 0.15) is 49.2 Å². The third-order valence-electron chi connectivity index (χ3n) is 3.68. The summed E-state index contributed by atoms with van der Waals surface area (Å²) in [5, 5.41) is 3.59. The van der Waals surface area contributed by atoms with Gasteiger partial charge in [-0.05, 0) is 43.4 Å². The first-order valence-electron chi connectivity index (χ1n) is 6.42. The fourth-order valence-electron chi connectivity index (χ4n) is 2.78. The van der Waals surface area contributed by atoms with Gasteiger partial charge in [-0.15, -0.1) is 0 Å². The maximum Gasteiger partial charge on any atom is 0.159 e. The molecule has 1 saturated heterocycles. The van der Waals surface area contributed by atoms with Gasteiger partial charge in [-0.1, -0.05) is 32.0 Å². The first-order chi connectivity index (χ1) is 8.08. The molecule has 0 aliphatic carbocycles. The lowest BCUT2D eigenvalue weighted by atomic mass is 9.83. The molecule has 1 aromatic rings. The molecule has 0 spiro atoms. The number of rotatable bonds is 2. The van der Waals surface area contributed by atoms with Gasteiger partial charge in [0.15, 0.2) is 5.78 Å². The summed E-state index contributed by atoms with van der Waals surface area (Å²) in [6.07, 6.45) is 1.25. The molecule has 2 heteroatoms. The molecular formula is C15H21NO. The van der Waals surface area contributed by atoms with Crippen molar-refractivity contribution in [1.82, 2.24) is 5.32 Å². The molecule has 2 rings (SSSR count). The minimum atomic E-state index is 0.142. The predicted molar refractivity (Wildman–Crippen MR) is 70.1 cm³/mol. The zero-order valence-electron chi connectivity index (χ0n) is 10.9. The van der Waals surface area contributed by atoms with Crippen molar-refractivity contribution in [2.75, 3.05) is 6.54 Å². The highest BCUT2D eigenvalue weighted by atomic mass is 16.1. The lowest BCUT2D eigenvalue weighted by molar-refractivity contribution is 0.101. The Labute approximate surface area is 103 Å². The van der Waals surface area contributed by atoms with Gasteiger partial charge in [0.25, 0.3) is 0 Å². The van der Waals surface area contributed by atoms with Crippen LogP contribution in [0.25, 0.3) is 0 Å². The monoisotopic (exact) mass is 231 g/mol. The van der Waals surface area contributed by atoms with Crippen molar-refractivity contribution in [3.05, 3.63) is 35.4 Å². The normalized spacial score (nSPS) is 29.0. The Morgan fingerprint density at radius 3 is 2.76 bits per heavy atom. The molecule has 0 radical (unpaired) electrons. The average Bonchev–Trinajstić information content (AvgIpc) is 2.29. The second kappa shape index (κ2) is 5.01. The number of piperidine rings is 1. The summed E-state index contributed by atoms with van der Waals surface area (Å²) in [5.74, 6) is 1.52. The van der Waals surface area contributed by atoms with E-state index < -0.39 is 0 Å². The highest BCUT2D eigenvalue weighted by Gasteiger charge is 2.26. The van der Waals surface area contributed by atoms with E-state index in [1.165, 1.54) is 12.0 Å². The summed E-state index contributed by atoms with van der Waals surface area (Å²) < 4.78 is 0. The minimum Gasteiger partial charge on any atom is -0.309 e. The van der Waals surface area contributed by atoms with E-state index in [0.29, 0.717) is 12.0 Å². The average molecular weight is 231 g/mol. The Morgan fingerprint density at radius 2 is 2.12 bits per heavy atom. The van der Waals surface area contributed by atoms with Gasteiger partial charge in [-0.3, -0.25) is 4.79 Å². The molecule has 3 atom stereocenters. The lowest BCUT2D eigenvalue weighted by Crippen LogP contribution is -2.37. The molecule has 0 bridgehead atoms. The van der Waals surface area contributed by atoms with Crippen LogP contribution in [0.15, 0.2) is 24.3 Å². The highest BCUT2D eigenvalue weighted by Crippen LogP contribution is 2.31. The zero-order chi connectivity index (χ0) is 12.4. The molecule has 1 N–H and O–H groups in total. The van der Waals surface area contributed by atoms with Crippen LogP contribution < -0.4 is 5.32 Å². The molecule has 92 valence electrons. The molecule has 0 saturated carbocycles. The molecule has 1 heterocycles. The number of carbonyl (C=O) groups excluding carboxylic acids is 1. The van der Waals surface area contributed by atoms with Crippen molar-refractivity contribution in [3.63, 3.8) is 0 Å². The summed E-state index contributed by atoms with van der Waals surface area (Å²) >= 11 is 0. The predicted octanol–water partition coefficient (Wildman–Crippen LogP) is 3.20. The van der Waals surface area contributed by atoms with Gasteiger partial charge in [-0.2, -0.15) is 0 Å². The number of benzene rings is 1. The molecule has 0 amide bonds. The largest absolute Gasteiger partial charge is 0.309 e. The van der Waals surface area contributed by atoms with Gasteiger partial charge < -0.3 is 5.32 Å². The van der Waals surface area contributed by atoms with E-state index >= 15 is 0 Å². The Hall–Kier alpha value is -1.15.